The minimum atomic E-state index is -0.349. The van der Waals surface area contributed by atoms with E-state index < -0.39 is 0 Å². The third kappa shape index (κ3) is 5.83. The Hall–Kier alpha value is -1.39. The maximum absolute atomic E-state index is 10.4. The van der Waals surface area contributed by atoms with Gasteiger partial charge in [-0.3, -0.25) is 4.79 Å². The number of carbonyl (C=O) groups excluding carboxylic acids is 1. The van der Waals surface area contributed by atoms with E-state index >= 15 is 0 Å². The zero-order chi connectivity index (χ0) is 10.9. The van der Waals surface area contributed by atoms with Crippen LogP contribution in [0.15, 0.2) is 30.3 Å². The van der Waals surface area contributed by atoms with Gasteiger partial charge in [0.1, 0.15) is 0 Å². The van der Waals surface area contributed by atoms with Gasteiger partial charge in [0.25, 0.3) is 0 Å². The standard InChI is InChI=1S/C11H16N2O2/c12-11(14)8-13-6-7-15-9-10-4-2-1-3-5-10/h1-5,13H,6-9H2,(H2,12,14). The Morgan fingerprint density at radius 3 is 2.73 bits per heavy atom. The molecule has 1 aromatic carbocycles. The van der Waals surface area contributed by atoms with Crippen LogP contribution >= 0.6 is 0 Å². The monoisotopic (exact) mass is 208 g/mol. The fraction of sp³-hybridized carbons (Fsp3) is 0.364. The predicted molar refractivity (Wildman–Crippen MR) is 58.2 cm³/mol. The summed E-state index contributed by atoms with van der Waals surface area (Å²) >= 11 is 0. The number of benzene rings is 1. The van der Waals surface area contributed by atoms with Crippen molar-refractivity contribution in [2.45, 2.75) is 6.61 Å². The molecule has 0 bridgehead atoms. The zero-order valence-electron chi connectivity index (χ0n) is 8.61. The van der Waals surface area contributed by atoms with Crippen molar-refractivity contribution in [3.05, 3.63) is 35.9 Å². The van der Waals surface area contributed by atoms with Crippen molar-refractivity contribution in [1.29, 1.82) is 0 Å². The number of hydrogen-bond acceptors (Lipinski definition) is 3. The highest BCUT2D eigenvalue weighted by molar-refractivity contribution is 5.75. The van der Waals surface area contributed by atoms with Crippen LogP contribution in [0.1, 0.15) is 5.56 Å². The highest BCUT2D eigenvalue weighted by atomic mass is 16.5. The van der Waals surface area contributed by atoms with E-state index in [-0.39, 0.29) is 12.5 Å². The molecule has 0 radical (unpaired) electrons. The highest BCUT2D eigenvalue weighted by Crippen LogP contribution is 1.99. The Kier molecular flexibility index (Phi) is 5.43. The van der Waals surface area contributed by atoms with E-state index in [1.807, 2.05) is 30.3 Å². The van der Waals surface area contributed by atoms with E-state index in [2.05, 4.69) is 5.32 Å². The van der Waals surface area contributed by atoms with Crippen molar-refractivity contribution in [1.82, 2.24) is 5.32 Å². The van der Waals surface area contributed by atoms with E-state index in [1.54, 1.807) is 0 Å². The first-order chi connectivity index (χ1) is 7.29. The molecular formula is C11H16N2O2. The number of nitrogens with one attached hydrogen (secondary N) is 1. The SMILES string of the molecule is NC(=O)CNCCOCc1ccccc1. The van der Waals surface area contributed by atoms with Gasteiger partial charge >= 0.3 is 0 Å². The van der Waals surface area contributed by atoms with Gasteiger partial charge in [0.15, 0.2) is 0 Å². The van der Waals surface area contributed by atoms with Crippen LogP contribution in [0.2, 0.25) is 0 Å². The lowest BCUT2D eigenvalue weighted by atomic mass is 10.2. The van der Waals surface area contributed by atoms with Crippen molar-refractivity contribution in [3.8, 4) is 0 Å². The highest BCUT2D eigenvalue weighted by Gasteiger charge is 1.93. The van der Waals surface area contributed by atoms with Crippen LogP contribution in [0.4, 0.5) is 0 Å². The van der Waals surface area contributed by atoms with Gasteiger partial charge in [-0.2, -0.15) is 0 Å². The van der Waals surface area contributed by atoms with Crippen molar-refractivity contribution in [3.63, 3.8) is 0 Å². The minimum absolute atomic E-state index is 0.203. The summed E-state index contributed by atoms with van der Waals surface area (Å²) in [4.78, 5) is 10.4. The molecule has 0 aromatic heterocycles. The van der Waals surface area contributed by atoms with Crippen LogP contribution in [-0.2, 0) is 16.1 Å². The summed E-state index contributed by atoms with van der Waals surface area (Å²) in [6, 6.07) is 9.94. The smallest absolute Gasteiger partial charge is 0.231 e. The molecule has 82 valence electrons. The van der Waals surface area contributed by atoms with Crippen LogP contribution < -0.4 is 11.1 Å². The lowest BCUT2D eigenvalue weighted by Crippen LogP contribution is -2.30. The molecule has 4 heteroatoms. The van der Waals surface area contributed by atoms with Crippen LogP contribution in [0.5, 0.6) is 0 Å². The lowest BCUT2D eigenvalue weighted by Gasteiger charge is -2.04. The number of ether oxygens (including phenoxy) is 1. The van der Waals surface area contributed by atoms with Gasteiger partial charge in [-0.05, 0) is 5.56 Å². The quantitative estimate of drug-likeness (QED) is 0.632. The lowest BCUT2D eigenvalue weighted by molar-refractivity contribution is -0.117. The average Bonchev–Trinajstić information content (AvgIpc) is 2.24. The number of rotatable bonds is 7. The molecule has 0 aliphatic carbocycles. The molecule has 15 heavy (non-hydrogen) atoms. The molecule has 1 aromatic rings. The van der Waals surface area contributed by atoms with Crippen molar-refractivity contribution < 1.29 is 9.53 Å². The Balaban J connectivity index is 2.00. The first kappa shape index (κ1) is 11.7. The van der Waals surface area contributed by atoms with Gasteiger partial charge in [-0.1, -0.05) is 30.3 Å². The zero-order valence-corrected chi connectivity index (χ0v) is 8.61. The second-order valence-corrected chi connectivity index (χ2v) is 3.18. The first-order valence-corrected chi connectivity index (χ1v) is 4.90. The van der Waals surface area contributed by atoms with Gasteiger partial charge in [-0.15, -0.1) is 0 Å². The third-order valence-corrected chi connectivity index (χ3v) is 1.83. The van der Waals surface area contributed by atoms with E-state index in [0.29, 0.717) is 19.8 Å². The van der Waals surface area contributed by atoms with Crippen molar-refractivity contribution in [2.75, 3.05) is 19.7 Å². The Morgan fingerprint density at radius 2 is 2.07 bits per heavy atom. The molecule has 0 aliphatic rings. The van der Waals surface area contributed by atoms with E-state index in [0.717, 1.165) is 5.56 Å². The van der Waals surface area contributed by atoms with Crippen molar-refractivity contribution in [2.24, 2.45) is 5.73 Å². The molecule has 0 spiro atoms. The average molecular weight is 208 g/mol. The maximum atomic E-state index is 10.4. The molecule has 3 N–H and O–H groups in total. The summed E-state index contributed by atoms with van der Waals surface area (Å²) in [5.41, 5.74) is 6.10. The Labute approximate surface area is 89.4 Å². The van der Waals surface area contributed by atoms with E-state index in [4.69, 9.17) is 10.5 Å². The van der Waals surface area contributed by atoms with Gasteiger partial charge in [0.05, 0.1) is 19.8 Å². The number of hydrogen-bond donors (Lipinski definition) is 2. The van der Waals surface area contributed by atoms with Crippen LogP contribution in [0, 0.1) is 0 Å². The van der Waals surface area contributed by atoms with Gasteiger partial charge in [0, 0.05) is 6.54 Å². The predicted octanol–water partition coefficient (Wildman–Crippen LogP) is 0.278. The van der Waals surface area contributed by atoms with Crippen LogP contribution in [0.25, 0.3) is 0 Å². The summed E-state index contributed by atoms with van der Waals surface area (Å²) in [6.45, 7) is 2.01. The number of primary amides is 1. The number of carbonyl (C=O) groups is 1. The summed E-state index contributed by atoms with van der Waals surface area (Å²) in [6.07, 6.45) is 0. The molecule has 0 saturated carbocycles. The molecule has 0 fully saturated rings. The second-order valence-electron chi connectivity index (χ2n) is 3.18. The second kappa shape index (κ2) is 6.98. The summed E-state index contributed by atoms with van der Waals surface area (Å²) in [7, 11) is 0. The molecule has 1 rings (SSSR count). The van der Waals surface area contributed by atoms with Crippen molar-refractivity contribution >= 4 is 5.91 Å². The Morgan fingerprint density at radius 1 is 1.33 bits per heavy atom. The molecular weight excluding hydrogens is 192 g/mol. The minimum Gasteiger partial charge on any atom is -0.375 e. The summed E-state index contributed by atoms with van der Waals surface area (Å²) in [5, 5.41) is 2.87. The third-order valence-electron chi connectivity index (χ3n) is 1.83. The normalized spacial score (nSPS) is 10.1. The molecule has 0 saturated heterocycles. The molecule has 0 atom stereocenters. The fourth-order valence-corrected chi connectivity index (χ4v) is 1.12. The molecule has 4 nitrogen and oxygen atoms in total. The van der Waals surface area contributed by atoms with Crippen LogP contribution in [-0.4, -0.2) is 25.6 Å². The maximum Gasteiger partial charge on any atom is 0.231 e. The Bertz CT molecular complexity index is 288. The largest absolute Gasteiger partial charge is 0.375 e. The molecule has 0 unspecified atom stereocenters. The number of nitrogens with two attached hydrogens (primary N) is 1. The molecule has 0 heterocycles. The summed E-state index contributed by atoms with van der Waals surface area (Å²) < 4.78 is 5.39. The van der Waals surface area contributed by atoms with Gasteiger partial charge < -0.3 is 15.8 Å². The van der Waals surface area contributed by atoms with E-state index in [1.165, 1.54) is 0 Å². The van der Waals surface area contributed by atoms with E-state index in [9.17, 15) is 4.79 Å². The first-order valence-electron chi connectivity index (χ1n) is 4.90. The molecule has 0 aliphatic heterocycles. The van der Waals surface area contributed by atoms with Crippen LogP contribution in [0.3, 0.4) is 0 Å². The van der Waals surface area contributed by atoms with Gasteiger partial charge in [0.2, 0.25) is 5.91 Å². The fourth-order valence-electron chi connectivity index (χ4n) is 1.12. The topological polar surface area (TPSA) is 64.4 Å². The molecule has 1 amide bonds. The summed E-state index contributed by atoms with van der Waals surface area (Å²) in [5.74, 6) is -0.349. The van der Waals surface area contributed by atoms with Gasteiger partial charge in [-0.25, -0.2) is 0 Å². The number of amides is 1.